The van der Waals surface area contributed by atoms with Gasteiger partial charge in [-0.25, -0.2) is 9.18 Å². The lowest BCUT2D eigenvalue weighted by Gasteiger charge is -2.13. The number of halogens is 1. The first-order valence-corrected chi connectivity index (χ1v) is 8.91. The molecule has 7 heteroatoms. The number of nitrogens with one attached hydrogen (secondary N) is 2. The number of amides is 2. The van der Waals surface area contributed by atoms with E-state index in [1.807, 2.05) is 24.3 Å². The third-order valence-corrected chi connectivity index (χ3v) is 4.15. The largest absolute Gasteiger partial charge is 0.421 e. The van der Waals surface area contributed by atoms with Gasteiger partial charge in [-0.2, -0.15) is 9.97 Å². The quantitative estimate of drug-likeness (QED) is 0.635. The summed E-state index contributed by atoms with van der Waals surface area (Å²) in [6, 6.07) is 13.2. The van der Waals surface area contributed by atoms with E-state index in [1.165, 1.54) is 17.7 Å². The number of ether oxygens (including phenoxy) is 1. The van der Waals surface area contributed by atoms with Gasteiger partial charge in [-0.3, -0.25) is 0 Å². The molecule has 0 aliphatic rings. The zero-order valence-corrected chi connectivity index (χ0v) is 15.9. The van der Waals surface area contributed by atoms with Crippen molar-refractivity contribution in [2.75, 3.05) is 10.6 Å². The average molecular weight is 380 g/mol. The molecule has 0 atom stereocenters. The van der Waals surface area contributed by atoms with E-state index in [0.29, 0.717) is 22.8 Å². The van der Waals surface area contributed by atoms with Gasteiger partial charge in [0.05, 0.1) is 17.1 Å². The molecular formula is C21H21FN4O2. The predicted molar refractivity (Wildman–Crippen MR) is 106 cm³/mol. The van der Waals surface area contributed by atoms with Crippen LogP contribution >= 0.6 is 0 Å². The van der Waals surface area contributed by atoms with Crippen molar-refractivity contribution in [2.45, 2.75) is 27.2 Å². The van der Waals surface area contributed by atoms with Crippen LogP contribution in [0.25, 0.3) is 0 Å². The van der Waals surface area contributed by atoms with Crippen molar-refractivity contribution in [3.05, 3.63) is 71.3 Å². The highest BCUT2D eigenvalue weighted by Gasteiger charge is 2.14. The number of anilines is 2. The summed E-state index contributed by atoms with van der Waals surface area (Å²) in [5.74, 6) is -0.465. The summed E-state index contributed by atoms with van der Waals surface area (Å²) in [6.07, 6.45) is 0.934. The number of aromatic nitrogens is 2. The number of aryl methyl sites for hydroxylation is 3. The van der Waals surface area contributed by atoms with Gasteiger partial charge in [-0.15, -0.1) is 0 Å². The second-order valence-corrected chi connectivity index (χ2v) is 6.21. The molecule has 0 spiro atoms. The zero-order chi connectivity index (χ0) is 20.1. The molecule has 0 saturated heterocycles. The molecule has 2 aromatic carbocycles. The Labute approximate surface area is 162 Å². The van der Waals surface area contributed by atoms with E-state index in [4.69, 9.17) is 4.74 Å². The number of hydrogen-bond donors (Lipinski definition) is 2. The summed E-state index contributed by atoms with van der Waals surface area (Å²) in [7, 11) is 0. The van der Waals surface area contributed by atoms with Crippen LogP contribution in [0.15, 0.2) is 48.5 Å². The number of para-hydroxylation sites is 1. The third-order valence-electron chi connectivity index (χ3n) is 4.15. The fraction of sp³-hybridized carbons (Fsp3) is 0.190. The maximum Gasteiger partial charge on any atom is 0.323 e. The van der Waals surface area contributed by atoms with Crippen molar-refractivity contribution < 1.29 is 13.9 Å². The lowest BCUT2D eigenvalue weighted by atomic mass is 10.1. The molecule has 0 bridgehead atoms. The molecule has 0 fully saturated rings. The molecule has 3 aromatic rings. The van der Waals surface area contributed by atoms with Gasteiger partial charge < -0.3 is 15.4 Å². The third kappa shape index (κ3) is 4.62. The first-order chi connectivity index (χ1) is 13.5. The summed E-state index contributed by atoms with van der Waals surface area (Å²) in [5, 5.41) is 5.52. The molecule has 0 saturated carbocycles. The molecule has 3 rings (SSSR count). The summed E-state index contributed by atoms with van der Waals surface area (Å²) in [4.78, 5) is 20.7. The first-order valence-electron chi connectivity index (χ1n) is 8.91. The van der Waals surface area contributed by atoms with Gasteiger partial charge in [0.1, 0.15) is 0 Å². The molecule has 6 nitrogen and oxygen atoms in total. The van der Waals surface area contributed by atoms with Crippen LogP contribution in [0.1, 0.15) is 23.9 Å². The summed E-state index contributed by atoms with van der Waals surface area (Å²) in [5.41, 5.74) is 3.37. The second kappa shape index (κ2) is 8.47. The van der Waals surface area contributed by atoms with Crippen LogP contribution in [0, 0.1) is 19.7 Å². The molecule has 1 heterocycles. The van der Waals surface area contributed by atoms with Crippen LogP contribution in [-0.4, -0.2) is 16.0 Å². The number of hydrogen-bond acceptors (Lipinski definition) is 4. The molecule has 0 aliphatic heterocycles. The van der Waals surface area contributed by atoms with Crippen molar-refractivity contribution in [3.63, 3.8) is 0 Å². The van der Waals surface area contributed by atoms with Crippen molar-refractivity contribution in [1.82, 2.24) is 9.97 Å². The monoisotopic (exact) mass is 380 g/mol. The molecule has 2 amide bonds. The van der Waals surface area contributed by atoms with Crippen LogP contribution in [0.2, 0.25) is 0 Å². The molecule has 2 N–H and O–H groups in total. The van der Waals surface area contributed by atoms with Crippen LogP contribution in [-0.2, 0) is 6.42 Å². The smallest absolute Gasteiger partial charge is 0.323 e. The lowest BCUT2D eigenvalue weighted by Crippen LogP contribution is -2.21. The van der Waals surface area contributed by atoms with Crippen LogP contribution in [0.3, 0.4) is 0 Å². The maximum absolute atomic E-state index is 13.7. The Bertz CT molecular complexity index is 967. The Kier molecular flexibility index (Phi) is 5.84. The molecule has 0 aliphatic carbocycles. The van der Waals surface area contributed by atoms with Crippen molar-refractivity contribution >= 4 is 17.4 Å². The Morgan fingerprint density at radius 2 is 1.64 bits per heavy atom. The lowest BCUT2D eigenvalue weighted by molar-refractivity contribution is 0.262. The number of nitrogens with zero attached hydrogens (tertiary/aromatic N) is 2. The van der Waals surface area contributed by atoms with Gasteiger partial charge in [0.2, 0.25) is 0 Å². The molecule has 28 heavy (non-hydrogen) atoms. The molecule has 0 radical (unpaired) electrons. The average Bonchev–Trinajstić information content (AvgIpc) is 2.67. The van der Waals surface area contributed by atoms with E-state index >= 15 is 0 Å². The number of rotatable bonds is 5. The highest BCUT2D eigenvalue weighted by Crippen LogP contribution is 2.25. The first kappa shape index (κ1) is 19.3. The van der Waals surface area contributed by atoms with Gasteiger partial charge in [0.25, 0.3) is 0 Å². The van der Waals surface area contributed by atoms with Crippen LogP contribution < -0.4 is 15.4 Å². The normalized spacial score (nSPS) is 10.4. The zero-order valence-electron chi connectivity index (χ0n) is 15.9. The summed E-state index contributed by atoms with van der Waals surface area (Å²) in [6.45, 7) is 5.50. The Hall–Kier alpha value is -3.48. The standard InChI is InChI=1S/C21H21FN4O2/c1-4-15-9-11-16(12-10-15)25-20(27)26-19-13(2)23-21(24-14(19)3)28-18-8-6-5-7-17(18)22/h5-12H,4H2,1-3H3,(H2,25,26,27). The molecule has 0 unspecified atom stereocenters. The van der Waals surface area contributed by atoms with E-state index in [2.05, 4.69) is 27.5 Å². The van der Waals surface area contributed by atoms with Gasteiger partial charge in [-0.05, 0) is 50.1 Å². The van der Waals surface area contributed by atoms with E-state index in [9.17, 15) is 9.18 Å². The van der Waals surface area contributed by atoms with Crippen LogP contribution in [0.5, 0.6) is 11.8 Å². The molecule has 144 valence electrons. The fourth-order valence-corrected chi connectivity index (χ4v) is 2.64. The maximum atomic E-state index is 13.7. The minimum atomic E-state index is -0.503. The highest BCUT2D eigenvalue weighted by atomic mass is 19.1. The van der Waals surface area contributed by atoms with E-state index in [-0.39, 0.29) is 11.8 Å². The minimum absolute atomic E-state index is 0.0150. The summed E-state index contributed by atoms with van der Waals surface area (Å²) >= 11 is 0. The van der Waals surface area contributed by atoms with Crippen molar-refractivity contribution in [3.8, 4) is 11.8 Å². The fourth-order valence-electron chi connectivity index (χ4n) is 2.64. The Morgan fingerprint density at radius 1 is 1.00 bits per heavy atom. The number of carbonyl (C=O) groups excluding carboxylic acids is 1. The van der Waals surface area contributed by atoms with E-state index in [0.717, 1.165) is 6.42 Å². The Morgan fingerprint density at radius 3 is 2.25 bits per heavy atom. The highest BCUT2D eigenvalue weighted by molar-refractivity contribution is 6.00. The minimum Gasteiger partial charge on any atom is -0.421 e. The summed E-state index contributed by atoms with van der Waals surface area (Å²) < 4.78 is 19.2. The van der Waals surface area contributed by atoms with Crippen molar-refractivity contribution in [1.29, 1.82) is 0 Å². The molecule has 1 aromatic heterocycles. The predicted octanol–water partition coefficient (Wildman–Crippen LogP) is 5.23. The van der Waals surface area contributed by atoms with E-state index in [1.54, 1.807) is 26.0 Å². The van der Waals surface area contributed by atoms with Gasteiger partial charge >= 0.3 is 12.0 Å². The van der Waals surface area contributed by atoms with Crippen LogP contribution in [0.4, 0.5) is 20.6 Å². The second-order valence-electron chi connectivity index (χ2n) is 6.21. The van der Waals surface area contributed by atoms with Gasteiger partial charge in [0.15, 0.2) is 11.6 Å². The number of carbonyl (C=O) groups is 1. The SMILES string of the molecule is CCc1ccc(NC(=O)Nc2c(C)nc(Oc3ccccc3F)nc2C)cc1. The van der Waals surface area contributed by atoms with E-state index < -0.39 is 11.8 Å². The Balaban J connectivity index is 1.71. The van der Waals surface area contributed by atoms with Gasteiger partial charge in [-0.1, -0.05) is 31.2 Å². The molecular weight excluding hydrogens is 359 g/mol. The van der Waals surface area contributed by atoms with Gasteiger partial charge in [0, 0.05) is 5.69 Å². The van der Waals surface area contributed by atoms with Crippen molar-refractivity contribution in [2.24, 2.45) is 0 Å². The topological polar surface area (TPSA) is 76.1 Å². The number of urea groups is 1. The number of benzene rings is 2.